The highest BCUT2D eigenvalue weighted by Gasteiger charge is 2.41. The summed E-state index contributed by atoms with van der Waals surface area (Å²) in [5.41, 5.74) is 0.407. The van der Waals surface area contributed by atoms with Crippen LogP contribution in [-0.4, -0.2) is 83.1 Å². The summed E-state index contributed by atoms with van der Waals surface area (Å²) in [4.78, 5) is 63.5. The van der Waals surface area contributed by atoms with Gasteiger partial charge in [-0.2, -0.15) is 0 Å². The van der Waals surface area contributed by atoms with Crippen LogP contribution in [0.5, 0.6) is 0 Å². The van der Waals surface area contributed by atoms with Gasteiger partial charge in [0, 0.05) is 18.3 Å². The lowest BCUT2D eigenvalue weighted by molar-refractivity contribution is -0.137. The number of alkyl carbamates (subject to hydrolysis) is 1. The molecule has 0 radical (unpaired) electrons. The van der Waals surface area contributed by atoms with Crippen molar-refractivity contribution < 1.29 is 33.4 Å². The Hall–Kier alpha value is -4.00. The number of nitrogens with zero attached hydrogens (tertiary/aromatic N) is 3. The molecule has 46 heavy (non-hydrogen) atoms. The van der Waals surface area contributed by atoms with Gasteiger partial charge in [0.25, 0.3) is 0 Å². The van der Waals surface area contributed by atoms with E-state index in [1.807, 2.05) is 44.2 Å². The first kappa shape index (κ1) is 34.9. The first-order valence-electron chi connectivity index (χ1n) is 15.7. The molecule has 0 spiro atoms. The molecule has 2 N–H and O–H groups in total. The van der Waals surface area contributed by atoms with Crippen molar-refractivity contribution in [2.24, 2.45) is 10.9 Å². The van der Waals surface area contributed by atoms with Crippen molar-refractivity contribution in [3.8, 4) is 0 Å². The molecule has 13 heteroatoms. The fraction of sp³-hybridized carbons (Fsp3) is 0.576. The van der Waals surface area contributed by atoms with Crippen LogP contribution >= 0.6 is 11.3 Å². The maximum Gasteiger partial charge on any atom is 0.408 e. The summed E-state index contributed by atoms with van der Waals surface area (Å²) in [6.07, 6.45) is 1.22. The number of likely N-dealkylation sites (tertiary alicyclic amines) is 1. The molecule has 250 valence electrons. The van der Waals surface area contributed by atoms with E-state index in [4.69, 9.17) is 14.2 Å². The Kier molecular flexibility index (Phi) is 11.4. The molecule has 0 bridgehead atoms. The monoisotopic (exact) mass is 655 g/mol. The molecule has 2 aromatic rings. The molecule has 3 heterocycles. The number of carbonyl (C=O) groups excluding carboxylic acids is 4. The lowest BCUT2D eigenvalue weighted by Crippen LogP contribution is -2.52. The quantitative estimate of drug-likeness (QED) is 0.338. The molecule has 4 rings (SSSR count). The van der Waals surface area contributed by atoms with Crippen LogP contribution < -0.4 is 10.6 Å². The van der Waals surface area contributed by atoms with Crippen molar-refractivity contribution in [1.82, 2.24) is 20.5 Å². The fourth-order valence-electron chi connectivity index (χ4n) is 5.50. The number of aliphatic imine (C=N–C) groups is 1. The number of rotatable bonds is 11. The molecule has 2 aliphatic rings. The van der Waals surface area contributed by atoms with Crippen molar-refractivity contribution in [1.29, 1.82) is 0 Å². The molecule has 0 aliphatic carbocycles. The first-order chi connectivity index (χ1) is 21.8. The smallest absolute Gasteiger partial charge is 0.408 e. The maximum atomic E-state index is 14.2. The van der Waals surface area contributed by atoms with Crippen molar-refractivity contribution in [3.63, 3.8) is 0 Å². The average molecular weight is 656 g/mol. The van der Waals surface area contributed by atoms with E-state index >= 15 is 0 Å². The van der Waals surface area contributed by atoms with Crippen molar-refractivity contribution in [2.45, 2.75) is 103 Å². The van der Waals surface area contributed by atoms with Crippen molar-refractivity contribution in [2.75, 3.05) is 13.7 Å². The third kappa shape index (κ3) is 8.62. The second-order valence-electron chi connectivity index (χ2n) is 12.7. The topological polar surface area (TPSA) is 149 Å². The van der Waals surface area contributed by atoms with E-state index < -0.39 is 47.8 Å². The molecule has 12 nitrogen and oxygen atoms in total. The maximum absolute atomic E-state index is 14.2. The SMILES string of the molecule is CC[C@H](C)[C@H](NC(=O)OC(C)(C)C)C1=N[C@H](C(=O)N[C@@H](Cc2ccccc2)C(=O)N2CCC[C@@H]2c2nc(C(=O)OC)cs2)[C@@H](C)O1. The van der Waals surface area contributed by atoms with Gasteiger partial charge in [-0.1, -0.05) is 50.6 Å². The van der Waals surface area contributed by atoms with Crippen LogP contribution in [0.15, 0.2) is 40.7 Å². The molecule has 0 unspecified atom stereocenters. The Morgan fingerprint density at radius 3 is 2.52 bits per heavy atom. The van der Waals surface area contributed by atoms with E-state index in [1.165, 1.54) is 18.4 Å². The Balaban J connectivity index is 1.55. The minimum absolute atomic E-state index is 0.0506. The second-order valence-corrected chi connectivity index (χ2v) is 13.6. The molecule has 1 fully saturated rings. The van der Waals surface area contributed by atoms with Crippen molar-refractivity contribution in [3.05, 3.63) is 52.0 Å². The Morgan fingerprint density at radius 2 is 1.87 bits per heavy atom. The zero-order chi connectivity index (χ0) is 33.6. The normalized spacial score (nSPS) is 21.4. The van der Waals surface area contributed by atoms with Gasteiger partial charge in [-0.25, -0.2) is 19.6 Å². The Labute approximate surface area is 274 Å². The van der Waals surface area contributed by atoms with Crippen LogP contribution in [-0.2, 0) is 30.2 Å². The summed E-state index contributed by atoms with van der Waals surface area (Å²) in [7, 11) is 1.30. The number of aromatic nitrogens is 1. The van der Waals surface area contributed by atoms with E-state index in [0.29, 0.717) is 18.0 Å². The lowest BCUT2D eigenvalue weighted by Gasteiger charge is -2.29. The van der Waals surface area contributed by atoms with E-state index in [9.17, 15) is 19.2 Å². The minimum atomic E-state index is -0.927. The number of methoxy groups -OCH3 is 1. The largest absolute Gasteiger partial charge is 0.474 e. The van der Waals surface area contributed by atoms with Gasteiger partial charge in [-0.15, -0.1) is 11.3 Å². The zero-order valence-corrected chi connectivity index (χ0v) is 28.4. The zero-order valence-electron chi connectivity index (χ0n) is 27.6. The van der Waals surface area contributed by atoms with Crippen LogP contribution in [0.1, 0.15) is 87.9 Å². The summed E-state index contributed by atoms with van der Waals surface area (Å²) >= 11 is 1.31. The Bertz CT molecular complexity index is 1420. The first-order valence-corrected chi connectivity index (χ1v) is 16.6. The van der Waals surface area contributed by atoms with Crippen LogP contribution in [0.2, 0.25) is 0 Å². The van der Waals surface area contributed by atoms with Crippen LogP contribution in [0.25, 0.3) is 0 Å². The average Bonchev–Trinajstić information content (AvgIpc) is 3.78. The standard InChI is InChI=1S/C33H45N5O7S/c1-8-19(2)25(37-32(42)45-33(4,5)6)28-36-26(20(3)44-28)27(39)34-22(17-21-13-10-9-11-14-21)30(40)38-16-12-15-24(38)29-35-23(18-46-29)31(41)43-7/h9-11,13-14,18-20,22,24-26H,8,12,15-17H2,1-7H3,(H,34,39)(H,37,42)/t19-,20+,22-,24+,25-,26-/m0/s1. The summed E-state index contributed by atoms with van der Waals surface area (Å²) in [6.45, 7) is 11.5. The number of thiazole rings is 1. The third-order valence-electron chi connectivity index (χ3n) is 8.07. The molecular weight excluding hydrogens is 610 g/mol. The van der Waals surface area contributed by atoms with Crippen molar-refractivity contribution >= 4 is 41.1 Å². The number of hydrogen-bond donors (Lipinski definition) is 2. The highest BCUT2D eigenvalue weighted by molar-refractivity contribution is 7.09. The molecule has 1 saturated heterocycles. The number of nitrogens with one attached hydrogen (secondary N) is 2. The van der Waals surface area contributed by atoms with Gasteiger partial charge in [0.1, 0.15) is 28.8 Å². The fourth-order valence-corrected chi connectivity index (χ4v) is 6.44. The summed E-state index contributed by atoms with van der Waals surface area (Å²) in [5, 5.41) is 8.12. The van der Waals surface area contributed by atoms with E-state index in [-0.39, 0.29) is 35.9 Å². The summed E-state index contributed by atoms with van der Waals surface area (Å²) in [6, 6.07) is 6.76. The number of amides is 3. The number of hydrogen-bond acceptors (Lipinski definition) is 10. The van der Waals surface area contributed by atoms with Gasteiger partial charge in [0.05, 0.1) is 13.2 Å². The molecule has 0 saturated carbocycles. The van der Waals surface area contributed by atoms with Gasteiger partial charge in [-0.05, 0) is 52.0 Å². The van der Waals surface area contributed by atoms with Gasteiger partial charge in [0.2, 0.25) is 17.7 Å². The highest BCUT2D eigenvalue weighted by atomic mass is 32.1. The molecular formula is C33H45N5O7S. The second kappa shape index (κ2) is 15.1. The molecule has 2 aliphatic heterocycles. The summed E-state index contributed by atoms with van der Waals surface area (Å²) < 4.78 is 16.3. The van der Waals surface area contributed by atoms with Gasteiger partial charge < -0.3 is 29.7 Å². The van der Waals surface area contributed by atoms with Gasteiger partial charge >= 0.3 is 12.1 Å². The number of ether oxygens (including phenoxy) is 3. The predicted octanol–water partition coefficient (Wildman–Crippen LogP) is 4.45. The van der Waals surface area contributed by atoms with E-state index in [0.717, 1.165) is 18.4 Å². The number of benzene rings is 1. The minimum Gasteiger partial charge on any atom is -0.474 e. The molecule has 1 aromatic carbocycles. The highest BCUT2D eigenvalue weighted by Crippen LogP contribution is 2.34. The molecule has 3 amide bonds. The molecule has 6 atom stereocenters. The van der Waals surface area contributed by atoms with Gasteiger partial charge in [0.15, 0.2) is 11.7 Å². The van der Waals surface area contributed by atoms with E-state index in [2.05, 4.69) is 20.6 Å². The lowest BCUT2D eigenvalue weighted by atomic mass is 9.99. The van der Waals surface area contributed by atoms with Gasteiger partial charge in [-0.3, -0.25) is 9.59 Å². The molecule has 1 aromatic heterocycles. The number of esters is 1. The number of carbonyl (C=O) groups is 4. The van der Waals surface area contributed by atoms with Crippen LogP contribution in [0, 0.1) is 5.92 Å². The van der Waals surface area contributed by atoms with Crippen LogP contribution in [0.4, 0.5) is 4.79 Å². The predicted molar refractivity (Wildman–Crippen MR) is 174 cm³/mol. The summed E-state index contributed by atoms with van der Waals surface area (Å²) in [5.74, 6) is -1.02. The Morgan fingerprint density at radius 1 is 1.15 bits per heavy atom. The van der Waals surface area contributed by atoms with E-state index in [1.54, 1.807) is 38.0 Å². The van der Waals surface area contributed by atoms with Crippen LogP contribution in [0.3, 0.4) is 0 Å². The third-order valence-corrected chi connectivity index (χ3v) is 9.02.